The Balaban J connectivity index is 2.34. The highest BCUT2D eigenvalue weighted by Crippen LogP contribution is 2.29. The molecule has 3 heteroatoms. The van der Waals surface area contributed by atoms with Crippen molar-refractivity contribution in [3.8, 4) is 16.5 Å². The molecule has 0 spiro atoms. The standard InChI is InChI=1S/C12H8ClNS/c13-10-3-1-2-9(8-10)12-5-4-11(15-12)6-7-14/h1-5,8H,6H2. The SMILES string of the molecule is N#CCc1ccc(-c2cccc(Cl)c2)s1. The molecule has 0 aliphatic rings. The summed E-state index contributed by atoms with van der Waals surface area (Å²) in [5.74, 6) is 0. The number of thiophene rings is 1. The molecule has 0 saturated carbocycles. The molecule has 2 aromatic rings. The van der Waals surface area contributed by atoms with E-state index in [1.54, 1.807) is 11.3 Å². The Morgan fingerprint density at radius 3 is 2.87 bits per heavy atom. The van der Waals surface area contributed by atoms with E-state index >= 15 is 0 Å². The minimum absolute atomic E-state index is 0.477. The number of hydrogen-bond acceptors (Lipinski definition) is 2. The minimum atomic E-state index is 0.477. The van der Waals surface area contributed by atoms with Crippen LogP contribution in [0.4, 0.5) is 0 Å². The van der Waals surface area contributed by atoms with Crippen molar-refractivity contribution in [2.24, 2.45) is 0 Å². The zero-order chi connectivity index (χ0) is 10.7. The summed E-state index contributed by atoms with van der Waals surface area (Å²) in [6.07, 6.45) is 0.477. The Labute approximate surface area is 97.6 Å². The van der Waals surface area contributed by atoms with Crippen molar-refractivity contribution in [3.63, 3.8) is 0 Å². The molecule has 1 aromatic heterocycles. The van der Waals surface area contributed by atoms with E-state index < -0.39 is 0 Å². The van der Waals surface area contributed by atoms with Gasteiger partial charge < -0.3 is 0 Å². The second-order valence-electron chi connectivity index (χ2n) is 3.11. The molecule has 0 atom stereocenters. The van der Waals surface area contributed by atoms with Gasteiger partial charge in [0.1, 0.15) is 0 Å². The van der Waals surface area contributed by atoms with E-state index in [-0.39, 0.29) is 0 Å². The van der Waals surface area contributed by atoms with Crippen molar-refractivity contribution >= 4 is 22.9 Å². The van der Waals surface area contributed by atoms with Gasteiger partial charge in [0.15, 0.2) is 0 Å². The predicted octanol–water partition coefficient (Wildman–Crippen LogP) is 4.13. The van der Waals surface area contributed by atoms with Gasteiger partial charge in [0.25, 0.3) is 0 Å². The van der Waals surface area contributed by atoms with E-state index in [0.717, 1.165) is 20.3 Å². The van der Waals surface area contributed by atoms with Crippen LogP contribution in [0.2, 0.25) is 5.02 Å². The van der Waals surface area contributed by atoms with Crippen LogP contribution in [0.25, 0.3) is 10.4 Å². The third-order valence-electron chi connectivity index (χ3n) is 2.02. The Morgan fingerprint density at radius 1 is 1.27 bits per heavy atom. The zero-order valence-electron chi connectivity index (χ0n) is 7.90. The molecule has 0 fully saturated rings. The molecule has 15 heavy (non-hydrogen) atoms. The molecule has 0 amide bonds. The van der Waals surface area contributed by atoms with Gasteiger partial charge in [-0.3, -0.25) is 0 Å². The highest BCUT2D eigenvalue weighted by molar-refractivity contribution is 7.15. The molecule has 0 bridgehead atoms. The van der Waals surface area contributed by atoms with Crippen LogP contribution in [0.1, 0.15) is 4.88 Å². The first-order valence-corrected chi connectivity index (χ1v) is 5.70. The quantitative estimate of drug-likeness (QED) is 0.765. The molecule has 1 nitrogen and oxygen atoms in total. The van der Waals surface area contributed by atoms with Crippen molar-refractivity contribution in [2.75, 3.05) is 0 Å². The molecule has 0 radical (unpaired) electrons. The fourth-order valence-corrected chi connectivity index (χ4v) is 2.47. The molecule has 0 unspecified atom stereocenters. The van der Waals surface area contributed by atoms with Crippen molar-refractivity contribution in [3.05, 3.63) is 46.3 Å². The molecule has 0 N–H and O–H groups in total. The predicted molar refractivity (Wildman–Crippen MR) is 64.1 cm³/mol. The van der Waals surface area contributed by atoms with Crippen molar-refractivity contribution in [1.82, 2.24) is 0 Å². The molecule has 1 heterocycles. The molecule has 1 aromatic carbocycles. The van der Waals surface area contributed by atoms with Gasteiger partial charge in [-0.1, -0.05) is 23.7 Å². The summed E-state index contributed by atoms with van der Waals surface area (Å²) in [5.41, 5.74) is 1.11. The molecule has 0 aliphatic carbocycles. The highest BCUT2D eigenvalue weighted by Gasteiger charge is 2.02. The fourth-order valence-electron chi connectivity index (χ4n) is 1.35. The lowest BCUT2D eigenvalue weighted by Gasteiger charge is -1.96. The monoisotopic (exact) mass is 233 g/mol. The van der Waals surface area contributed by atoms with Crippen LogP contribution in [0.3, 0.4) is 0 Å². The summed E-state index contributed by atoms with van der Waals surface area (Å²) in [6, 6.07) is 13.9. The zero-order valence-corrected chi connectivity index (χ0v) is 9.48. The first kappa shape index (κ1) is 10.2. The van der Waals surface area contributed by atoms with Crippen molar-refractivity contribution < 1.29 is 0 Å². The molecular weight excluding hydrogens is 226 g/mol. The molecule has 0 aliphatic heterocycles. The van der Waals surface area contributed by atoms with Crippen LogP contribution in [-0.2, 0) is 6.42 Å². The van der Waals surface area contributed by atoms with Crippen molar-refractivity contribution in [2.45, 2.75) is 6.42 Å². The van der Waals surface area contributed by atoms with Gasteiger partial charge >= 0.3 is 0 Å². The van der Waals surface area contributed by atoms with E-state index in [0.29, 0.717) is 6.42 Å². The maximum Gasteiger partial charge on any atom is 0.0695 e. The lowest BCUT2D eigenvalue weighted by molar-refractivity contribution is 1.32. The van der Waals surface area contributed by atoms with Gasteiger partial charge in [-0.05, 0) is 29.8 Å². The van der Waals surface area contributed by atoms with Gasteiger partial charge in [-0.25, -0.2) is 0 Å². The number of benzene rings is 1. The number of nitrogens with zero attached hydrogens (tertiary/aromatic N) is 1. The Hall–Kier alpha value is -1.30. The molecule has 74 valence electrons. The third-order valence-corrected chi connectivity index (χ3v) is 3.39. The number of rotatable bonds is 2. The first-order chi connectivity index (χ1) is 7.29. The largest absolute Gasteiger partial charge is 0.198 e. The maximum absolute atomic E-state index is 8.58. The van der Waals surface area contributed by atoms with Crippen LogP contribution in [0.5, 0.6) is 0 Å². The van der Waals surface area contributed by atoms with E-state index in [4.69, 9.17) is 16.9 Å². The average Bonchev–Trinajstić information content (AvgIpc) is 2.67. The summed E-state index contributed by atoms with van der Waals surface area (Å²) in [6.45, 7) is 0. The summed E-state index contributed by atoms with van der Waals surface area (Å²) < 4.78 is 0. The maximum atomic E-state index is 8.58. The van der Waals surface area contributed by atoms with Crippen LogP contribution in [-0.4, -0.2) is 0 Å². The third kappa shape index (κ3) is 2.38. The lowest BCUT2D eigenvalue weighted by Crippen LogP contribution is -1.71. The second kappa shape index (κ2) is 4.48. The van der Waals surface area contributed by atoms with Crippen molar-refractivity contribution in [1.29, 1.82) is 5.26 Å². The number of nitriles is 1. The summed E-state index contributed by atoms with van der Waals surface area (Å²) in [7, 11) is 0. The highest BCUT2D eigenvalue weighted by atomic mass is 35.5. The molecule has 0 saturated heterocycles. The van der Waals surface area contributed by atoms with E-state index in [2.05, 4.69) is 6.07 Å². The summed E-state index contributed by atoms with van der Waals surface area (Å²) in [5, 5.41) is 9.32. The second-order valence-corrected chi connectivity index (χ2v) is 4.72. The van der Waals surface area contributed by atoms with Crippen LogP contribution >= 0.6 is 22.9 Å². The Kier molecular flexibility index (Phi) is 3.05. The van der Waals surface area contributed by atoms with E-state index in [1.165, 1.54) is 0 Å². The average molecular weight is 234 g/mol. The number of halogens is 1. The van der Waals surface area contributed by atoms with Gasteiger partial charge in [0.2, 0.25) is 0 Å². The normalized spacial score (nSPS) is 9.87. The topological polar surface area (TPSA) is 23.8 Å². The Bertz CT molecular complexity index is 510. The first-order valence-electron chi connectivity index (χ1n) is 4.51. The summed E-state index contributed by atoms with van der Waals surface area (Å²) >= 11 is 7.55. The van der Waals surface area contributed by atoms with Gasteiger partial charge in [0.05, 0.1) is 12.5 Å². The van der Waals surface area contributed by atoms with E-state index in [9.17, 15) is 0 Å². The summed E-state index contributed by atoms with van der Waals surface area (Å²) in [4.78, 5) is 2.25. The van der Waals surface area contributed by atoms with Gasteiger partial charge in [-0.2, -0.15) is 5.26 Å². The smallest absolute Gasteiger partial charge is 0.0695 e. The van der Waals surface area contributed by atoms with E-state index in [1.807, 2.05) is 36.4 Å². The fraction of sp³-hybridized carbons (Fsp3) is 0.0833. The van der Waals surface area contributed by atoms with Crippen LogP contribution < -0.4 is 0 Å². The van der Waals surface area contributed by atoms with Crippen LogP contribution in [0.15, 0.2) is 36.4 Å². The molecular formula is C12H8ClNS. The van der Waals surface area contributed by atoms with Gasteiger partial charge in [0, 0.05) is 14.8 Å². The number of hydrogen-bond donors (Lipinski definition) is 0. The van der Waals surface area contributed by atoms with Crippen LogP contribution in [0, 0.1) is 11.3 Å². The Morgan fingerprint density at radius 2 is 2.13 bits per heavy atom. The molecule has 2 rings (SSSR count). The minimum Gasteiger partial charge on any atom is -0.198 e. The lowest BCUT2D eigenvalue weighted by atomic mass is 10.2. The van der Waals surface area contributed by atoms with Gasteiger partial charge in [-0.15, -0.1) is 11.3 Å².